The third kappa shape index (κ3) is 5.52. The molecule has 1 atom stereocenters. The number of hydrogen-bond acceptors (Lipinski definition) is 6. The van der Waals surface area contributed by atoms with Gasteiger partial charge in [-0.2, -0.15) is 4.72 Å². The third-order valence-corrected chi connectivity index (χ3v) is 5.86. The Bertz CT molecular complexity index is 845. The summed E-state index contributed by atoms with van der Waals surface area (Å²) in [5.74, 6) is 0.257. The van der Waals surface area contributed by atoms with Crippen molar-refractivity contribution in [3.63, 3.8) is 0 Å². The number of thiazole rings is 1. The van der Waals surface area contributed by atoms with Crippen LogP contribution >= 0.6 is 11.3 Å². The molecule has 0 bridgehead atoms. The first-order chi connectivity index (χ1) is 12.2. The number of aryl methyl sites for hydroxylation is 1. The van der Waals surface area contributed by atoms with E-state index in [4.69, 9.17) is 4.74 Å². The summed E-state index contributed by atoms with van der Waals surface area (Å²) >= 11 is 1.34. The molecule has 0 unspecified atom stereocenters. The Labute approximate surface area is 157 Å². The summed E-state index contributed by atoms with van der Waals surface area (Å²) in [6.45, 7) is 5.73. The lowest BCUT2D eigenvalue weighted by atomic mass is 10.0. The molecule has 1 amide bonds. The minimum atomic E-state index is -3.85. The molecule has 2 rings (SSSR count). The predicted octanol–water partition coefficient (Wildman–Crippen LogP) is 2.79. The van der Waals surface area contributed by atoms with E-state index >= 15 is 0 Å². The first kappa shape index (κ1) is 20.3. The molecular weight excluding hydrogens is 374 g/mol. The average Bonchev–Trinajstić information content (AvgIpc) is 2.98. The number of anilines is 1. The van der Waals surface area contributed by atoms with E-state index in [0.29, 0.717) is 17.3 Å². The molecule has 2 aromatic rings. The molecule has 1 heterocycles. The Morgan fingerprint density at radius 1 is 1.27 bits per heavy atom. The van der Waals surface area contributed by atoms with Gasteiger partial charge >= 0.3 is 0 Å². The molecule has 7 nitrogen and oxygen atoms in total. The summed E-state index contributed by atoms with van der Waals surface area (Å²) in [5.41, 5.74) is 0. The van der Waals surface area contributed by atoms with E-state index < -0.39 is 22.0 Å². The maximum absolute atomic E-state index is 12.6. The first-order valence-electron chi connectivity index (χ1n) is 8.11. The van der Waals surface area contributed by atoms with Crippen molar-refractivity contribution in [1.29, 1.82) is 0 Å². The highest BCUT2D eigenvalue weighted by atomic mass is 32.2. The second kappa shape index (κ2) is 8.61. The van der Waals surface area contributed by atoms with Crippen molar-refractivity contribution in [3.05, 3.63) is 35.3 Å². The number of benzene rings is 1. The van der Waals surface area contributed by atoms with Gasteiger partial charge in [0.1, 0.15) is 11.8 Å². The largest absolute Gasteiger partial charge is 0.497 e. The van der Waals surface area contributed by atoms with Gasteiger partial charge in [0.2, 0.25) is 15.9 Å². The molecule has 26 heavy (non-hydrogen) atoms. The highest BCUT2D eigenvalue weighted by molar-refractivity contribution is 7.89. The third-order valence-electron chi connectivity index (χ3n) is 3.54. The maximum atomic E-state index is 12.6. The number of nitrogens with zero attached hydrogens (tertiary/aromatic N) is 1. The van der Waals surface area contributed by atoms with Crippen molar-refractivity contribution in [2.45, 2.75) is 38.1 Å². The van der Waals surface area contributed by atoms with Gasteiger partial charge in [0.05, 0.1) is 12.0 Å². The Kier molecular flexibility index (Phi) is 6.74. The lowest BCUT2D eigenvalue weighted by Gasteiger charge is -2.19. The number of carbonyl (C=O) groups excluding carboxylic acids is 1. The van der Waals surface area contributed by atoms with Gasteiger partial charge in [-0.05, 0) is 43.5 Å². The van der Waals surface area contributed by atoms with Gasteiger partial charge in [-0.1, -0.05) is 13.8 Å². The molecule has 0 aliphatic rings. The molecule has 142 valence electrons. The molecule has 0 radical (unpaired) electrons. The minimum absolute atomic E-state index is 0.0740. The van der Waals surface area contributed by atoms with Crippen molar-refractivity contribution >= 4 is 32.4 Å². The number of sulfonamides is 1. The molecular formula is C17H23N3O4S2. The van der Waals surface area contributed by atoms with E-state index in [1.54, 1.807) is 18.3 Å². The zero-order valence-corrected chi connectivity index (χ0v) is 16.8. The van der Waals surface area contributed by atoms with Gasteiger partial charge in [-0.3, -0.25) is 4.79 Å². The number of rotatable bonds is 8. The van der Waals surface area contributed by atoms with E-state index in [2.05, 4.69) is 15.0 Å². The summed E-state index contributed by atoms with van der Waals surface area (Å²) in [7, 11) is -2.34. The number of nitrogens with one attached hydrogen (secondary N) is 2. The zero-order chi connectivity index (χ0) is 19.3. The SMILES string of the molecule is COc1ccc(S(=O)(=O)N[C@H](CC(C)C)C(=O)Nc2ncc(C)s2)cc1. The molecule has 0 saturated carbocycles. The van der Waals surface area contributed by atoms with Gasteiger partial charge in [-0.25, -0.2) is 13.4 Å². The summed E-state index contributed by atoms with van der Waals surface area (Å²) in [6, 6.07) is 5.10. The van der Waals surface area contributed by atoms with Crippen LogP contribution in [0.1, 0.15) is 25.1 Å². The van der Waals surface area contributed by atoms with Crippen LogP contribution in [0.4, 0.5) is 5.13 Å². The molecule has 9 heteroatoms. The number of methoxy groups -OCH3 is 1. The van der Waals surface area contributed by atoms with E-state index in [1.165, 1.54) is 30.6 Å². The second-order valence-electron chi connectivity index (χ2n) is 6.24. The van der Waals surface area contributed by atoms with E-state index in [9.17, 15) is 13.2 Å². The van der Waals surface area contributed by atoms with Crippen LogP contribution < -0.4 is 14.8 Å². The fourth-order valence-electron chi connectivity index (χ4n) is 2.30. The molecule has 0 saturated heterocycles. The van der Waals surface area contributed by atoms with E-state index in [1.807, 2.05) is 20.8 Å². The molecule has 1 aromatic heterocycles. The van der Waals surface area contributed by atoms with Crippen LogP contribution in [-0.4, -0.2) is 32.5 Å². The average molecular weight is 398 g/mol. The summed E-state index contributed by atoms with van der Waals surface area (Å²) in [4.78, 5) is 17.7. The van der Waals surface area contributed by atoms with Gasteiger partial charge in [0.15, 0.2) is 5.13 Å². The second-order valence-corrected chi connectivity index (χ2v) is 9.19. The van der Waals surface area contributed by atoms with Crippen LogP contribution in [0.2, 0.25) is 0 Å². The van der Waals surface area contributed by atoms with Crippen molar-refractivity contribution in [2.24, 2.45) is 5.92 Å². The molecule has 0 spiro atoms. The van der Waals surface area contributed by atoms with E-state index in [-0.39, 0.29) is 10.8 Å². The Balaban J connectivity index is 2.18. The normalized spacial score (nSPS) is 12.8. The highest BCUT2D eigenvalue weighted by Gasteiger charge is 2.27. The Hall–Kier alpha value is -1.97. The van der Waals surface area contributed by atoms with Crippen LogP contribution in [0.15, 0.2) is 35.4 Å². The minimum Gasteiger partial charge on any atom is -0.497 e. The fourth-order valence-corrected chi connectivity index (χ4v) is 4.17. The summed E-state index contributed by atoms with van der Waals surface area (Å²) in [6.07, 6.45) is 2.02. The monoisotopic (exact) mass is 397 g/mol. The smallest absolute Gasteiger partial charge is 0.244 e. The molecule has 0 fully saturated rings. The van der Waals surface area contributed by atoms with Gasteiger partial charge in [0, 0.05) is 11.1 Å². The highest BCUT2D eigenvalue weighted by Crippen LogP contribution is 2.19. The Morgan fingerprint density at radius 3 is 2.42 bits per heavy atom. The van der Waals surface area contributed by atoms with Crippen molar-refractivity contribution in [2.75, 3.05) is 12.4 Å². The van der Waals surface area contributed by atoms with Crippen LogP contribution in [0.5, 0.6) is 5.75 Å². The maximum Gasteiger partial charge on any atom is 0.244 e. The lowest BCUT2D eigenvalue weighted by Crippen LogP contribution is -2.44. The quantitative estimate of drug-likeness (QED) is 0.714. The zero-order valence-electron chi connectivity index (χ0n) is 15.1. The van der Waals surface area contributed by atoms with Crippen LogP contribution in [0, 0.1) is 12.8 Å². The lowest BCUT2D eigenvalue weighted by molar-refractivity contribution is -0.118. The van der Waals surface area contributed by atoms with Crippen molar-refractivity contribution in [1.82, 2.24) is 9.71 Å². The van der Waals surface area contributed by atoms with Gasteiger partial charge in [0.25, 0.3) is 0 Å². The number of ether oxygens (including phenoxy) is 1. The van der Waals surface area contributed by atoms with E-state index in [0.717, 1.165) is 4.88 Å². The molecule has 0 aliphatic carbocycles. The number of carbonyl (C=O) groups is 1. The van der Waals surface area contributed by atoms with Crippen LogP contribution in [0.25, 0.3) is 0 Å². The fraction of sp³-hybridized carbons (Fsp3) is 0.412. The predicted molar refractivity (Wildman–Crippen MR) is 102 cm³/mol. The number of aromatic nitrogens is 1. The summed E-state index contributed by atoms with van der Waals surface area (Å²) < 4.78 is 32.8. The standard InChI is InChI=1S/C17H23N3O4S2/c1-11(2)9-15(16(21)19-17-18-10-12(3)25-17)20-26(22,23)14-7-5-13(24-4)6-8-14/h5-8,10-11,15,20H,9H2,1-4H3,(H,18,19,21)/t15-/m1/s1. The van der Waals surface area contributed by atoms with Crippen LogP contribution in [-0.2, 0) is 14.8 Å². The van der Waals surface area contributed by atoms with Crippen molar-refractivity contribution in [3.8, 4) is 5.75 Å². The van der Waals surface area contributed by atoms with Crippen LogP contribution in [0.3, 0.4) is 0 Å². The molecule has 2 N–H and O–H groups in total. The van der Waals surface area contributed by atoms with Crippen molar-refractivity contribution < 1.29 is 17.9 Å². The topological polar surface area (TPSA) is 97.4 Å². The van der Waals surface area contributed by atoms with Gasteiger partial charge in [-0.15, -0.1) is 11.3 Å². The van der Waals surface area contributed by atoms with Gasteiger partial charge < -0.3 is 10.1 Å². The summed E-state index contributed by atoms with van der Waals surface area (Å²) in [5, 5.41) is 3.13. The number of hydrogen-bond donors (Lipinski definition) is 2. The number of amides is 1. The molecule has 0 aliphatic heterocycles. The Morgan fingerprint density at radius 2 is 1.92 bits per heavy atom. The molecule has 1 aromatic carbocycles. The first-order valence-corrected chi connectivity index (χ1v) is 10.4.